The van der Waals surface area contributed by atoms with Crippen molar-refractivity contribution in [1.29, 1.82) is 0 Å². The minimum absolute atomic E-state index is 0.251. The minimum Gasteiger partial charge on any atom is -0.478 e. The largest absolute Gasteiger partial charge is 0.478 e. The molecule has 0 spiro atoms. The van der Waals surface area contributed by atoms with Crippen LogP contribution < -0.4 is 5.32 Å². The number of carboxylic acids is 1. The highest BCUT2D eigenvalue weighted by molar-refractivity contribution is 5.93. The summed E-state index contributed by atoms with van der Waals surface area (Å²) in [4.78, 5) is 14.9. The van der Waals surface area contributed by atoms with Crippen LogP contribution in [0.4, 0.5) is 5.69 Å². The fraction of sp³-hybridized carbons (Fsp3) is 0.571. The Hall–Kier alpha value is -1.58. The highest BCUT2D eigenvalue weighted by atomic mass is 16.4. The van der Waals surface area contributed by atoms with Crippen LogP contribution in [0.3, 0.4) is 0 Å². The van der Waals surface area contributed by atoms with Crippen LogP contribution in [0.25, 0.3) is 0 Å². The molecule has 18 heavy (non-hydrogen) atoms. The number of hydrogen-bond donors (Lipinski definition) is 2. The van der Waals surface area contributed by atoms with Crippen LogP contribution in [0.5, 0.6) is 0 Å². The number of carboxylic acid groups (broad SMARTS) is 1. The molecule has 1 heterocycles. The Morgan fingerprint density at radius 1 is 1.39 bits per heavy atom. The summed E-state index contributed by atoms with van der Waals surface area (Å²) in [5.74, 6) is -0.121. The van der Waals surface area contributed by atoms with Crippen molar-refractivity contribution in [1.82, 2.24) is 4.98 Å². The molecule has 2 N–H and O–H groups in total. The van der Waals surface area contributed by atoms with Gasteiger partial charge in [-0.2, -0.15) is 0 Å². The fourth-order valence-electron chi connectivity index (χ4n) is 2.61. The van der Waals surface area contributed by atoms with E-state index in [2.05, 4.69) is 10.3 Å². The topological polar surface area (TPSA) is 62.2 Å². The Morgan fingerprint density at radius 2 is 2.17 bits per heavy atom. The molecule has 4 heteroatoms. The Kier molecular flexibility index (Phi) is 4.56. The van der Waals surface area contributed by atoms with Crippen molar-refractivity contribution in [2.75, 3.05) is 11.9 Å². The molecule has 98 valence electrons. The third-order valence-electron chi connectivity index (χ3n) is 3.64. The summed E-state index contributed by atoms with van der Waals surface area (Å²) < 4.78 is 0. The molecule has 1 saturated carbocycles. The van der Waals surface area contributed by atoms with Gasteiger partial charge in [-0.1, -0.05) is 32.1 Å². The van der Waals surface area contributed by atoms with Crippen molar-refractivity contribution < 1.29 is 9.90 Å². The Morgan fingerprint density at radius 3 is 2.89 bits per heavy atom. The van der Waals surface area contributed by atoms with Gasteiger partial charge in [-0.05, 0) is 18.4 Å². The summed E-state index contributed by atoms with van der Waals surface area (Å²) in [6.45, 7) is 0.842. The van der Waals surface area contributed by atoms with Crippen LogP contribution >= 0.6 is 0 Å². The molecule has 1 aliphatic carbocycles. The molecule has 1 aromatic heterocycles. The average molecular weight is 248 g/mol. The number of pyridine rings is 1. The third kappa shape index (κ3) is 3.45. The van der Waals surface area contributed by atoms with E-state index in [4.69, 9.17) is 5.11 Å². The summed E-state index contributed by atoms with van der Waals surface area (Å²) in [7, 11) is 0. The predicted molar refractivity (Wildman–Crippen MR) is 70.9 cm³/mol. The third-order valence-corrected chi connectivity index (χ3v) is 3.64. The first-order chi connectivity index (χ1) is 8.77. The predicted octanol–water partition coefficient (Wildman–Crippen LogP) is 3.16. The van der Waals surface area contributed by atoms with E-state index in [-0.39, 0.29) is 5.56 Å². The maximum Gasteiger partial charge on any atom is 0.339 e. The van der Waals surface area contributed by atoms with Crippen LogP contribution in [-0.2, 0) is 0 Å². The standard InChI is InChI=1S/C14H20N2O2/c17-14(18)12-10-15-8-7-13(12)16-9-6-11-4-2-1-3-5-11/h7-8,10-11H,1-6,9H2,(H,15,16)(H,17,18). The lowest BCUT2D eigenvalue weighted by atomic mass is 9.87. The highest BCUT2D eigenvalue weighted by Gasteiger charge is 2.14. The molecule has 0 radical (unpaired) electrons. The number of hydrogen-bond acceptors (Lipinski definition) is 3. The van der Waals surface area contributed by atoms with E-state index in [1.54, 1.807) is 12.3 Å². The first-order valence-electron chi connectivity index (χ1n) is 6.68. The first-order valence-corrected chi connectivity index (χ1v) is 6.68. The lowest BCUT2D eigenvalue weighted by Gasteiger charge is -2.21. The summed E-state index contributed by atoms with van der Waals surface area (Å²) in [5.41, 5.74) is 0.925. The van der Waals surface area contributed by atoms with Crippen LogP contribution in [-0.4, -0.2) is 22.6 Å². The molecule has 0 unspecified atom stereocenters. The number of carbonyl (C=O) groups is 1. The highest BCUT2D eigenvalue weighted by Crippen LogP contribution is 2.26. The number of nitrogens with zero attached hydrogens (tertiary/aromatic N) is 1. The van der Waals surface area contributed by atoms with E-state index >= 15 is 0 Å². The van der Waals surface area contributed by atoms with E-state index in [9.17, 15) is 4.79 Å². The SMILES string of the molecule is O=C(O)c1cnccc1NCCC1CCCCC1. The number of aromatic carboxylic acids is 1. The second-order valence-electron chi connectivity index (χ2n) is 4.95. The summed E-state index contributed by atoms with van der Waals surface area (Å²) in [6.07, 6.45) is 10.9. The van der Waals surface area contributed by atoms with Gasteiger partial charge in [-0.15, -0.1) is 0 Å². The van der Waals surface area contributed by atoms with Gasteiger partial charge in [0.2, 0.25) is 0 Å². The number of rotatable bonds is 5. The second-order valence-corrected chi connectivity index (χ2v) is 4.95. The molecule has 0 bridgehead atoms. The molecule has 2 rings (SSSR count). The molecule has 0 atom stereocenters. The van der Waals surface area contributed by atoms with Gasteiger partial charge in [0.1, 0.15) is 5.56 Å². The quantitative estimate of drug-likeness (QED) is 0.840. The normalized spacial score (nSPS) is 16.4. The van der Waals surface area contributed by atoms with Crippen molar-refractivity contribution in [3.8, 4) is 0 Å². The van der Waals surface area contributed by atoms with E-state index in [1.165, 1.54) is 38.3 Å². The summed E-state index contributed by atoms with van der Waals surface area (Å²) in [5, 5.41) is 12.3. The lowest BCUT2D eigenvalue weighted by molar-refractivity contribution is 0.0697. The zero-order valence-electron chi connectivity index (χ0n) is 10.6. The summed E-state index contributed by atoms with van der Waals surface area (Å²) >= 11 is 0. The summed E-state index contributed by atoms with van der Waals surface area (Å²) in [6, 6.07) is 1.73. The zero-order valence-corrected chi connectivity index (χ0v) is 10.6. The molecule has 0 saturated heterocycles. The monoisotopic (exact) mass is 248 g/mol. The van der Waals surface area contributed by atoms with Gasteiger partial charge in [0.15, 0.2) is 0 Å². The second kappa shape index (κ2) is 6.38. The van der Waals surface area contributed by atoms with Gasteiger partial charge in [-0.25, -0.2) is 4.79 Å². The van der Waals surface area contributed by atoms with E-state index in [0.29, 0.717) is 5.69 Å². The van der Waals surface area contributed by atoms with E-state index in [1.807, 2.05) is 0 Å². The number of anilines is 1. The van der Waals surface area contributed by atoms with Crippen molar-refractivity contribution in [3.63, 3.8) is 0 Å². The van der Waals surface area contributed by atoms with Gasteiger partial charge in [0.05, 0.1) is 5.69 Å². The van der Waals surface area contributed by atoms with E-state index < -0.39 is 5.97 Å². The van der Waals surface area contributed by atoms with Crippen molar-refractivity contribution in [3.05, 3.63) is 24.0 Å². The van der Waals surface area contributed by atoms with Crippen molar-refractivity contribution >= 4 is 11.7 Å². The number of nitrogens with one attached hydrogen (secondary N) is 1. The molecular weight excluding hydrogens is 228 g/mol. The molecule has 0 aromatic carbocycles. The van der Waals surface area contributed by atoms with Crippen molar-refractivity contribution in [2.45, 2.75) is 38.5 Å². The zero-order chi connectivity index (χ0) is 12.8. The Labute approximate surface area is 107 Å². The Balaban J connectivity index is 1.84. The van der Waals surface area contributed by atoms with Crippen LogP contribution in [0.1, 0.15) is 48.9 Å². The molecule has 4 nitrogen and oxygen atoms in total. The van der Waals surface area contributed by atoms with Gasteiger partial charge >= 0.3 is 5.97 Å². The lowest BCUT2D eigenvalue weighted by Crippen LogP contribution is -2.13. The maximum atomic E-state index is 11.0. The van der Waals surface area contributed by atoms with Crippen LogP contribution in [0, 0.1) is 5.92 Å². The van der Waals surface area contributed by atoms with E-state index in [0.717, 1.165) is 18.9 Å². The molecule has 1 fully saturated rings. The molecular formula is C14H20N2O2. The van der Waals surface area contributed by atoms with Crippen molar-refractivity contribution in [2.24, 2.45) is 5.92 Å². The molecule has 1 aliphatic rings. The van der Waals surface area contributed by atoms with Gasteiger partial charge in [0.25, 0.3) is 0 Å². The molecule has 1 aromatic rings. The Bertz CT molecular complexity index is 401. The molecule has 0 aliphatic heterocycles. The van der Waals surface area contributed by atoms with Crippen LogP contribution in [0.15, 0.2) is 18.5 Å². The fourth-order valence-corrected chi connectivity index (χ4v) is 2.61. The maximum absolute atomic E-state index is 11.0. The smallest absolute Gasteiger partial charge is 0.339 e. The van der Waals surface area contributed by atoms with Gasteiger partial charge in [-0.3, -0.25) is 4.98 Å². The minimum atomic E-state index is -0.928. The van der Waals surface area contributed by atoms with Crippen LogP contribution in [0.2, 0.25) is 0 Å². The van der Waals surface area contributed by atoms with Gasteiger partial charge in [0, 0.05) is 18.9 Å². The first kappa shape index (κ1) is 12.9. The molecule has 0 amide bonds. The number of aromatic nitrogens is 1. The average Bonchev–Trinajstić information content (AvgIpc) is 2.40. The van der Waals surface area contributed by atoms with Gasteiger partial charge < -0.3 is 10.4 Å².